The number of nitriles is 1. The van der Waals surface area contributed by atoms with Crippen LogP contribution >= 0.6 is 29.9 Å². The maximum absolute atomic E-state index is 9.20. The third kappa shape index (κ3) is 4.95. The standard InChI is InChI=1S/C32H53N2O3PS2/c1-21(2)34(22(3)4)38(35-17-7-16-33)24-10-13-30(5)23(18-24)8-9-25-26(30)11-14-31(6)27(25)12-15-32(31)36-28-19-39-40-20-29(28)37-32/h21-29H,7-15,17-20H2,1-6H3/t23?,24-,25?,26?,27?,28?,29?,30+,31+,32?,38?/m1/s1. The molecule has 226 valence electrons. The average Bonchev–Trinajstić information content (AvgIpc) is 3.44. The number of hydrogen-bond donors (Lipinski definition) is 0. The summed E-state index contributed by atoms with van der Waals surface area (Å²) in [5.41, 5.74) is 1.23. The minimum Gasteiger partial charge on any atom is -0.342 e. The lowest BCUT2D eigenvalue weighted by Crippen LogP contribution is -2.57. The van der Waals surface area contributed by atoms with Gasteiger partial charge in [0.2, 0.25) is 0 Å². The maximum atomic E-state index is 9.20. The quantitative estimate of drug-likeness (QED) is 0.163. The zero-order valence-corrected chi connectivity index (χ0v) is 28.3. The molecule has 0 amide bonds. The van der Waals surface area contributed by atoms with E-state index in [1.165, 1.54) is 51.4 Å². The molecule has 40 heavy (non-hydrogen) atoms. The van der Waals surface area contributed by atoms with Crippen molar-refractivity contribution in [1.29, 1.82) is 5.26 Å². The number of hydrogen-bond acceptors (Lipinski definition) is 7. The van der Waals surface area contributed by atoms with Gasteiger partial charge in [-0.1, -0.05) is 35.4 Å². The molecule has 0 radical (unpaired) electrons. The Labute approximate surface area is 253 Å². The molecule has 1 spiro atoms. The van der Waals surface area contributed by atoms with Crippen LogP contribution in [0.25, 0.3) is 0 Å². The Balaban J connectivity index is 1.18. The predicted molar refractivity (Wildman–Crippen MR) is 168 cm³/mol. The first kappa shape index (κ1) is 30.5. The molecule has 7 unspecified atom stereocenters. The van der Waals surface area contributed by atoms with Crippen LogP contribution in [0.15, 0.2) is 0 Å². The molecule has 4 aliphatic carbocycles. The van der Waals surface area contributed by atoms with E-state index in [-0.39, 0.29) is 11.2 Å². The van der Waals surface area contributed by atoms with Crippen molar-refractivity contribution in [3.8, 4) is 6.07 Å². The fourth-order valence-corrected chi connectivity index (χ4v) is 15.7. The van der Waals surface area contributed by atoms with Crippen LogP contribution in [0, 0.1) is 45.8 Å². The molecule has 2 saturated heterocycles. The van der Waals surface area contributed by atoms with E-state index in [0.717, 1.165) is 41.6 Å². The Morgan fingerprint density at radius 3 is 2.25 bits per heavy atom. The predicted octanol–water partition coefficient (Wildman–Crippen LogP) is 8.63. The van der Waals surface area contributed by atoms with Gasteiger partial charge in [-0.15, -0.1) is 0 Å². The Hall–Kier alpha value is 0.460. The Morgan fingerprint density at radius 2 is 1.60 bits per heavy atom. The number of nitrogens with zero attached hydrogens (tertiary/aromatic N) is 2. The highest BCUT2D eigenvalue weighted by atomic mass is 33.1. The number of ether oxygens (including phenoxy) is 2. The molecule has 0 aromatic rings. The van der Waals surface area contributed by atoms with Gasteiger partial charge in [-0.25, -0.2) is 0 Å². The van der Waals surface area contributed by atoms with E-state index < -0.39 is 8.30 Å². The highest BCUT2D eigenvalue weighted by Gasteiger charge is 2.69. The van der Waals surface area contributed by atoms with Gasteiger partial charge in [-0.3, -0.25) is 4.67 Å². The van der Waals surface area contributed by atoms with Crippen molar-refractivity contribution in [1.82, 2.24) is 4.67 Å². The summed E-state index contributed by atoms with van der Waals surface area (Å²) < 4.78 is 23.2. The van der Waals surface area contributed by atoms with E-state index in [2.05, 4.69) is 52.3 Å². The van der Waals surface area contributed by atoms with Crippen LogP contribution in [0.1, 0.15) is 106 Å². The van der Waals surface area contributed by atoms with Crippen molar-refractivity contribution >= 4 is 29.9 Å². The lowest BCUT2D eigenvalue weighted by molar-refractivity contribution is -0.257. The van der Waals surface area contributed by atoms with Gasteiger partial charge < -0.3 is 14.0 Å². The molecule has 10 atom stereocenters. The third-order valence-electron chi connectivity index (χ3n) is 12.4. The number of fused-ring (bicyclic) bond motifs is 7. The molecular formula is C32H53N2O3PS2. The summed E-state index contributed by atoms with van der Waals surface area (Å²) in [5, 5.41) is 9.20. The highest BCUT2D eigenvalue weighted by Crippen LogP contribution is 2.71. The van der Waals surface area contributed by atoms with E-state index in [0.29, 0.717) is 48.4 Å². The third-order valence-corrected chi connectivity index (χ3v) is 17.7. The monoisotopic (exact) mass is 608 g/mol. The molecule has 2 heterocycles. The molecule has 6 aliphatic rings. The molecule has 2 aliphatic heterocycles. The highest BCUT2D eigenvalue weighted by molar-refractivity contribution is 8.76. The van der Waals surface area contributed by atoms with Gasteiger partial charge in [-0.2, -0.15) is 5.26 Å². The second kappa shape index (κ2) is 11.8. The molecule has 8 heteroatoms. The zero-order valence-electron chi connectivity index (χ0n) is 25.8. The van der Waals surface area contributed by atoms with Crippen LogP contribution in [0.2, 0.25) is 0 Å². The molecule has 6 fully saturated rings. The normalized spacial score (nSPS) is 47.1. The Morgan fingerprint density at radius 1 is 0.925 bits per heavy atom. The topological polar surface area (TPSA) is 54.7 Å². The fourth-order valence-electron chi connectivity index (χ4n) is 10.6. The van der Waals surface area contributed by atoms with Gasteiger partial charge in [0.1, 0.15) is 8.30 Å². The van der Waals surface area contributed by atoms with Gasteiger partial charge in [0, 0.05) is 41.1 Å². The van der Waals surface area contributed by atoms with Gasteiger partial charge in [-0.05, 0) is 108 Å². The van der Waals surface area contributed by atoms with Gasteiger partial charge in [0.05, 0.1) is 31.3 Å². The van der Waals surface area contributed by atoms with Crippen LogP contribution in [-0.2, 0) is 14.0 Å². The van der Waals surface area contributed by atoms with E-state index in [1.807, 2.05) is 21.6 Å². The lowest BCUT2D eigenvalue weighted by Gasteiger charge is -2.62. The molecule has 0 aromatic carbocycles. The van der Waals surface area contributed by atoms with Gasteiger partial charge in [0.15, 0.2) is 5.79 Å². The number of rotatable bonds is 7. The van der Waals surface area contributed by atoms with E-state index in [1.54, 1.807) is 0 Å². The largest absolute Gasteiger partial charge is 0.342 e. The molecule has 4 saturated carbocycles. The summed E-state index contributed by atoms with van der Waals surface area (Å²) in [4.78, 5) is 0. The first-order valence-corrected chi connectivity index (χ1v) is 20.1. The fraction of sp³-hybridized carbons (Fsp3) is 0.969. The zero-order chi connectivity index (χ0) is 28.3. The molecule has 0 bridgehead atoms. The molecule has 5 nitrogen and oxygen atoms in total. The Bertz CT molecular complexity index is 941. The Kier molecular flexibility index (Phi) is 8.96. The van der Waals surface area contributed by atoms with Crippen LogP contribution in [0.5, 0.6) is 0 Å². The summed E-state index contributed by atoms with van der Waals surface area (Å²) >= 11 is 0. The lowest BCUT2D eigenvalue weighted by atomic mass is 9.45. The van der Waals surface area contributed by atoms with Crippen molar-refractivity contribution < 1.29 is 14.0 Å². The SMILES string of the molecule is CC(C)N(C(C)C)P(OCCC#N)[C@@H]1CC[C@@]2(C)C(CCC3C2CC[C@@]2(C)C3CCC23OC2CSSCC2O3)C1. The second-order valence-corrected chi connectivity index (χ2v) is 19.4. The van der Waals surface area contributed by atoms with Crippen molar-refractivity contribution in [2.24, 2.45) is 34.5 Å². The molecule has 6 rings (SSSR count). The summed E-state index contributed by atoms with van der Waals surface area (Å²) in [6.07, 6.45) is 12.8. The van der Waals surface area contributed by atoms with E-state index >= 15 is 0 Å². The van der Waals surface area contributed by atoms with Crippen LogP contribution < -0.4 is 0 Å². The van der Waals surface area contributed by atoms with Gasteiger partial charge in [0.25, 0.3) is 0 Å². The minimum absolute atomic E-state index is 0.166. The first-order chi connectivity index (χ1) is 19.1. The van der Waals surface area contributed by atoms with E-state index in [4.69, 9.17) is 14.0 Å². The van der Waals surface area contributed by atoms with Crippen LogP contribution in [0.3, 0.4) is 0 Å². The summed E-state index contributed by atoms with van der Waals surface area (Å²) in [7, 11) is 3.25. The molecular weight excluding hydrogens is 555 g/mol. The minimum atomic E-state index is -0.696. The van der Waals surface area contributed by atoms with Crippen LogP contribution in [-0.4, -0.2) is 58.5 Å². The average molecular weight is 609 g/mol. The van der Waals surface area contributed by atoms with Crippen molar-refractivity contribution in [3.63, 3.8) is 0 Å². The maximum Gasteiger partial charge on any atom is 0.174 e. The molecule has 0 N–H and O–H groups in total. The molecule has 0 aromatic heterocycles. The van der Waals surface area contributed by atoms with Crippen molar-refractivity contribution in [3.05, 3.63) is 0 Å². The summed E-state index contributed by atoms with van der Waals surface area (Å²) in [6, 6.07) is 3.23. The second-order valence-electron chi connectivity index (χ2n) is 14.8. The summed E-state index contributed by atoms with van der Waals surface area (Å²) in [6.45, 7) is 15.1. The van der Waals surface area contributed by atoms with E-state index in [9.17, 15) is 5.26 Å². The van der Waals surface area contributed by atoms with Crippen molar-refractivity contribution in [2.45, 2.75) is 141 Å². The first-order valence-electron chi connectivity index (χ1n) is 16.3. The smallest absolute Gasteiger partial charge is 0.174 e. The van der Waals surface area contributed by atoms with Crippen molar-refractivity contribution in [2.75, 3.05) is 18.1 Å². The van der Waals surface area contributed by atoms with Crippen LogP contribution in [0.4, 0.5) is 0 Å². The summed E-state index contributed by atoms with van der Waals surface area (Å²) in [5.74, 6) is 5.04. The van der Waals surface area contributed by atoms with Gasteiger partial charge >= 0.3 is 0 Å².